The first kappa shape index (κ1) is 33.0. The van der Waals surface area contributed by atoms with E-state index in [2.05, 4.69) is 34.5 Å². The van der Waals surface area contributed by atoms with Gasteiger partial charge in [-0.1, -0.05) is 72.8 Å². The van der Waals surface area contributed by atoms with Crippen molar-refractivity contribution in [2.45, 2.75) is 56.7 Å². The fraction of sp³-hybridized carbons (Fsp3) is 0.314. The Morgan fingerprint density at radius 3 is 2.30 bits per heavy atom. The standard InChI is InChI=1S/C35H37N3O6S2/c1-5-18-43-26-15-12-24(13-16-26)31(39)29-30(25-14-17-27(44-19-6-2)28(20-25)42-7-3)38(33(41)32(29)40)34-36-37-35(46-34)45-21-23-10-8-22(4)9-11-23/h8-17,20,30,39H,5-7,18-19,21H2,1-4H3. The van der Waals surface area contributed by atoms with E-state index < -0.39 is 17.7 Å². The molecule has 240 valence electrons. The Morgan fingerprint density at radius 1 is 0.891 bits per heavy atom. The van der Waals surface area contributed by atoms with Crippen LogP contribution in [0.5, 0.6) is 17.2 Å². The molecule has 1 aliphatic heterocycles. The molecule has 1 amide bonds. The van der Waals surface area contributed by atoms with E-state index >= 15 is 0 Å². The highest BCUT2D eigenvalue weighted by Gasteiger charge is 2.48. The maximum atomic E-state index is 13.7. The van der Waals surface area contributed by atoms with E-state index in [1.54, 1.807) is 42.5 Å². The average molecular weight is 660 g/mol. The van der Waals surface area contributed by atoms with Crippen LogP contribution in [0.25, 0.3) is 5.76 Å². The Morgan fingerprint density at radius 2 is 1.61 bits per heavy atom. The predicted octanol–water partition coefficient (Wildman–Crippen LogP) is 7.74. The molecule has 1 N–H and O–H groups in total. The summed E-state index contributed by atoms with van der Waals surface area (Å²) in [6.45, 7) is 9.39. The molecule has 0 saturated carbocycles. The van der Waals surface area contributed by atoms with Crippen molar-refractivity contribution in [1.29, 1.82) is 0 Å². The topological polar surface area (TPSA) is 111 Å². The first-order valence-electron chi connectivity index (χ1n) is 15.3. The second-order valence-electron chi connectivity index (χ2n) is 10.7. The highest BCUT2D eigenvalue weighted by Crippen LogP contribution is 2.45. The van der Waals surface area contributed by atoms with Crippen molar-refractivity contribution in [3.63, 3.8) is 0 Å². The number of benzene rings is 3. The molecule has 1 unspecified atom stereocenters. The fourth-order valence-corrected chi connectivity index (χ4v) is 6.73. The number of Topliss-reactive ketones (excluding diaryl/α,β-unsaturated/α-hetero) is 1. The van der Waals surface area contributed by atoms with Crippen molar-refractivity contribution in [2.75, 3.05) is 24.7 Å². The summed E-state index contributed by atoms with van der Waals surface area (Å²) >= 11 is 2.72. The second-order valence-corrected chi connectivity index (χ2v) is 12.8. The molecule has 11 heteroatoms. The molecule has 0 aliphatic carbocycles. The number of ether oxygens (including phenoxy) is 3. The SMILES string of the molecule is CCCOc1ccc(C(O)=C2C(=O)C(=O)N(c3nnc(SCc4ccc(C)cc4)s3)C2c2ccc(OCCC)c(OCC)c2)cc1. The number of carbonyl (C=O) groups excluding carboxylic acids is 2. The van der Waals surface area contributed by atoms with Gasteiger partial charge < -0.3 is 19.3 Å². The zero-order valence-electron chi connectivity index (χ0n) is 26.3. The van der Waals surface area contributed by atoms with Gasteiger partial charge in [-0.05, 0) is 74.2 Å². The number of aliphatic hydroxyl groups is 1. The lowest BCUT2D eigenvalue weighted by atomic mass is 9.95. The van der Waals surface area contributed by atoms with E-state index in [4.69, 9.17) is 14.2 Å². The first-order chi connectivity index (χ1) is 22.3. The van der Waals surface area contributed by atoms with Gasteiger partial charge >= 0.3 is 5.91 Å². The fourth-order valence-electron chi connectivity index (χ4n) is 4.91. The van der Waals surface area contributed by atoms with Gasteiger partial charge in [0.1, 0.15) is 11.5 Å². The Kier molecular flexibility index (Phi) is 11.0. The van der Waals surface area contributed by atoms with Crippen LogP contribution in [0.15, 0.2) is 76.6 Å². The number of hydrogen-bond donors (Lipinski definition) is 1. The van der Waals surface area contributed by atoms with Gasteiger partial charge in [0.05, 0.1) is 31.4 Å². The van der Waals surface area contributed by atoms with E-state index in [-0.39, 0.29) is 16.5 Å². The van der Waals surface area contributed by atoms with E-state index in [0.717, 1.165) is 18.4 Å². The van der Waals surface area contributed by atoms with Crippen molar-refractivity contribution in [2.24, 2.45) is 0 Å². The van der Waals surface area contributed by atoms with Gasteiger partial charge in [0.2, 0.25) is 5.13 Å². The molecule has 0 bridgehead atoms. The lowest BCUT2D eigenvalue weighted by molar-refractivity contribution is -0.132. The Labute approximate surface area is 277 Å². The molecule has 1 saturated heterocycles. The molecule has 9 nitrogen and oxygen atoms in total. The highest BCUT2D eigenvalue weighted by molar-refractivity contribution is 8.00. The zero-order chi connectivity index (χ0) is 32.6. The van der Waals surface area contributed by atoms with E-state index in [0.29, 0.717) is 58.3 Å². The molecule has 0 radical (unpaired) electrons. The molecule has 1 aliphatic rings. The summed E-state index contributed by atoms with van der Waals surface area (Å²) in [7, 11) is 0. The minimum Gasteiger partial charge on any atom is -0.507 e. The number of amides is 1. The van der Waals surface area contributed by atoms with Crippen LogP contribution in [0, 0.1) is 6.92 Å². The predicted molar refractivity (Wildman–Crippen MR) is 181 cm³/mol. The quantitative estimate of drug-likeness (QED) is 0.0478. The molecule has 1 atom stereocenters. The number of carbonyl (C=O) groups is 2. The highest BCUT2D eigenvalue weighted by atomic mass is 32.2. The summed E-state index contributed by atoms with van der Waals surface area (Å²) in [5.41, 5.74) is 3.20. The van der Waals surface area contributed by atoms with Crippen molar-refractivity contribution >= 4 is 45.7 Å². The van der Waals surface area contributed by atoms with E-state index in [1.807, 2.05) is 27.7 Å². The third kappa shape index (κ3) is 7.37. The molecule has 0 spiro atoms. The van der Waals surface area contributed by atoms with E-state index in [9.17, 15) is 14.7 Å². The Hall–Kier alpha value is -4.35. The van der Waals surface area contributed by atoms with Crippen LogP contribution in [-0.2, 0) is 15.3 Å². The summed E-state index contributed by atoms with van der Waals surface area (Å²) < 4.78 is 18.1. The Bertz CT molecular complexity index is 1700. The zero-order valence-corrected chi connectivity index (χ0v) is 28.0. The third-order valence-electron chi connectivity index (χ3n) is 7.17. The number of rotatable bonds is 14. The van der Waals surface area contributed by atoms with Gasteiger partial charge in [0.25, 0.3) is 5.78 Å². The number of thioether (sulfide) groups is 1. The number of nitrogens with zero attached hydrogens (tertiary/aromatic N) is 3. The van der Waals surface area contributed by atoms with Crippen LogP contribution in [-0.4, -0.2) is 46.8 Å². The first-order valence-corrected chi connectivity index (χ1v) is 17.1. The molecule has 4 aromatic rings. The lowest BCUT2D eigenvalue weighted by Crippen LogP contribution is -2.29. The molecule has 1 aromatic heterocycles. The average Bonchev–Trinajstić information content (AvgIpc) is 3.64. The van der Waals surface area contributed by atoms with Gasteiger partial charge in [0.15, 0.2) is 15.8 Å². The number of hydrogen-bond acceptors (Lipinski definition) is 10. The molecule has 3 aromatic carbocycles. The summed E-state index contributed by atoms with van der Waals surface area (Å²) in [6, 6.07) is 19.3. The maximum Gasteiger partial charge on any atom is 0.301 e. The molecular formula is C35H37N3O6S2. The number of anilines is 1. The number of aliphatic hydroxyl groups excluding tert-OH is 1. The summed E-state index contributed by atoms with van der Waals surface area (Å²) in [5.74, 6) is 0.430. The minimum absolute atomic E-state index is 0.0547. The van der Waals surface area contributed by atoms with Crippen molar-refractivity contribution < 1.29 is 28.9 Å². The van der Waals surface area contributed by atoms with Crippen LogP contribution < -0.4 is 19.1 Å². The number of aromatic nitrogens is 2. The number of ketones is 1. The van der Waals surface area contributed by atoms with E-state index in [1.165, 1.54) is 33.6 Å². The van der Waals surface area contributed by atoms with Gasteiger partial charge in [-0.15, -0.1) is 10.2 Å². The van der Waals surface area contributed by atoms with Crippen molar-refractivity contribution in [3.05, 3.63) is 94.6 Å². The molecule has 1 fully saturated rings. The minimum atomic E-state index is -0.988. The summed E-state index contributed by atoms with van der Waals surface area (Å²) in [4.78, 5) is 28.8. The number of aryl methyl sites for hydroxylation is 1. The molecular weight excluding hydrogens is 623 g/mol. The van der Waals surface area contributed by atoms with Crippen LogP contribution in [0.3, 0.4) is 0 Å². The van der Waals surface area contributed by atoms with Gasteiger partial charge in [-0.25, -0.2) is 0 Å². The van der Waals surface area contributed by atoms with Crippen LogP contribution in [0.2, 0.25) is 0 Å². The molecule has 46 heavy (non-hydrogen) atoms. The van der Waals surface area contributed by atoms with Gasteiger partial charge in [-0.2, -0.15) is 0 Å². The Balaban J connectivity index is 1.55. The lowest BCUT2D eigenvalue weighted by Gasteiger charge is -2.23. The van der Waals surface area contributed by atoms with Crippen molar-refractivity contribution in [3.8, 4) is 17.2 Å². The van der Waals surface area contributed by atoms with Gasteiger partial charge in [0, 0.05) is 11.3 Å². The monoisotopic (exact) mass is 659 g/mol. The smallest absolute Gasteiger partial charge is 0.301 e. The third-order valence-corrected chi connectivity index (χ3v) is 9.30. The van der Waals surface area contributed by atoms with Crippen LogP contribution >= 0.6 is 23.1 Å². The van der Waals surface area contributed by atoms with Gasteiger partial charge in [-0.3, -0.25) is 14.5 Å². The van der Waals surface area contributed by atoms with Crippen LogP contribution in [0.4, 0.5) is 5.13 Å². The molecule has 5 rings (SSSR count). The summed E-state index contributed by atoms with van der Waals surface area (Å²) in [5, 5.41) is 20.5. The van der Waals surface area contributed by atoms with Crippen molar-refractivity contribution in [1.82, 2.24) is 10.2 Å². The second kappa shape index (κ2) is 15.3. The van der Waals surface area contributed by atoms with Crippen LogP contribution in [0.1, 0.15) is 61.9 Å². The maximum absolute atomic E-state index is 13.7. The largest absolute Gasteiger partial charge is 0.507 e. The molecule has 2 heterocycles. The normalized spacial score (nSPS) is 15.7. The summed E-state index contributed by atoms with van der Waals surface area (Å²) in [6.07, 6.45) is 1.67.